The average molecular weight is 409 g/mol. The van der Waals surface area contributed by atoms with Gasteiger partial charge in [0.2, 0.25) is 0 Å². The summed E-state index contributed by atoms with van der Waals surface area (Å²) in [5.74, 6) is 0. The largest absolute Gasteiger partial charge is 0.433 e. The number of aromatic nitrogens is 2. The van der Waals surface area contributed by atoms with Gasteiger partial charge in [-0.05, 0) is 30.7 Å². The number of pyridine rings is 2. The van der Waals surface area contributed by atoms with E-state index in [2.05, 4.69) is 10.3 Å². The van der Waals surface area contributed by atoms with Gasteiger partial charge in [-0.1, -0.05) is 23.7 Å². The molecule has 1 aromatic carbocycles. The van der Waals surface area contributed by atoms with Crippen molar-refractivity contribution < 1.29 is 13.2 Å². The third-order valence-electron chi connectivity index (χ3n) is 4.80. The Bertz CT molecular complexity index is 1120. The smallest absolute Gasteiger partial charge is 0.386 e. The minimum absolute atomic E-state index is 0.0958. The van der Waals surface area contributed by atoms with Crippen LogP contribution in [-0.4, -0.2) is 29.7 Å². The van der Waals surface area contributed by atoms with Crippen molar-refractivity contribution in [2.24, 2.45) is 0 Å². The molecule has 146 valence electrons. The maximum Gasteiger partial charge on any atom is 0.433 e. The summed E-state index contributed by atoms with van der Waals surface area (Å²) in [4.78, 5) is 19.1. The Kier molecular flexibility index (Phi) is 4.45. The van der Waals surface area contributed by atoms with E-state index in [1.807, 2.05) is 4.90 Å². The first-order valence-corrected chi connectivity index (χ1v) is 9.05. The van der Waals surface area contributed by atoms with Crippen LogP contribution in [0, 0.1) is 0 Å². The number of hydrogen-bond acceptors (Lipinski definition) is 4. The van der Waals surface area contributed by atoms with Gasteiger partial charge in [0.1, 0.15) is 17.0 Å². The molecule has 1 aliphatic rings. The number of fused-ring (bicyclic) bond motifs is 1. The van der Waals surface area contributed by atoms with Gasteiger partial charge in [-0.25, -0.2) is 4.98 Å². The number of nitrogens with zero attached hydrogens (tertiary/aromatic N) is 3. The topological polar surface area (TPSA) is 50.2 Å². The fourth-order valence-corrected chi connectivity index (χ4v) is 3.57. The monoisotopic (exact) mass is 408 g/mol. The molecule has 0 spiro atoms. The fourth-order valence-electron chi connectivity index (χ4n) is 3.35. The van der Waals surface area contributed by atoms with Crippen LogP contribution in [0.5, 0.6) is 0 Å². The SMILES string of the molecule is CNc1c(N2CCC2)c(=O)n(-c2ccccc2Cl)c2nc(C(F)(F)F)ccc12. The minimum atomic E-state index is -4.63. The molecule has 0 amide bonds. The Hall–Kier alpha value is -2.74. The fraction of sp³-hybridized carbons (Fsp3) is 0.263. The quantitative estimate of drug-likeness (QED) is 0.701. The predicted octanol–water partition coefficient (Wildman–Crippen LogP) is 4.31. The number of halogens is 4. The number of nitrogens with one attached hydrogen (secondary N) is 1. The summed E-state index contributed by atoms with van der Waals surface area (Å²) in [7, 11) is 1.63. The lowest BCUT2D eigenvalue weighted by Crippen LogP contribution is -2.42. The van der Waals surface area contributed by atoms with Crippen molar-refractivity contribution in [1.82, 2.24) is 9.55 Å². The summed E-state index contributed by atoms with van der Waals surface area (Å²) >= 11 is 6.28. The molecule has 0 radical (unpaired) electrons. The molecule has 2 aromatic heterocycles. The molecule has 9 heteroatoms. The van der Waals surface area contributed by atoms with Crippen LogP contribution in [0.25, 0.3) is 16.7 Å². The van der Waals surface area contributed by atoms with Gasteiger partial charge in [-0.15, -0.1) is 0 Å². The van der Waals surface area contributed by atoms with E-state index in [4.69, 9.17) is 11.6 Å². The lowest BCUT2D eigenvalue weighted by molar-refractivity contribution is -0.141. The Morgan fingerprint density at radius 1 is 1.14 bits per heavy atom. The Morgan fingerprint density at radius 2 is 1.86 bits per heavy atom. The Balaban J connectivity index is 2.16. The van der Waals surface area contributed by atoms with Gasteiger partial charge in [0, 0.05) is 25.5 Å². The third-order valence-corrected chi connectivity index (χ3v) is 5.12. The molecule has 1 saturated heterocycles. The van der Waals surface area contributed by atoms with E-state index in [9.17, 15) is 18.0 Å². The molecular formula is C19H16ClF3N4O. The predicted molar refractivity (Wildman–Crippen MR) is 104 cm³/mol. The van der Waals surface area contributed by atoms with E-state index in [-0.39, 0.29) is 16.4 Å². The molecule has 1 N–H and O–H groups in total. The summed E-state index contributed by atoms with van der Waals surface area (Å²) in [6.45, 7) is 1.40. The Morgan fingerprint density at radius 3 is 2.43 bits per heavy atom. The highest BCUT2D eigenvalue weighted by Crippen LogP contribution is 2.36. The second kappa shape index (κ2) is 6.70. The van der Waals surface area contributed by atoms with Crippen molar-refractivity contribution in [2.75, 3.05) is 30.4 Å². The highest BCUT2D eigenvalue weighted by atomic mass is 35.5. The van der Waals surface area contributed by atoms with Crippen LogP contribution >= 0.6 is 11.6 Å². The first-order chi connectivity index (χ1) is 13.3. The molecule has 0 aliphatic carbocycles. The zero-order chi connectivity index (χ0) is 20.1. The van der Waals surface area contributed by atoms with Crippen molar-refractivity contribution >= 4 is 34.0 Å². The van der Waals surface area contributed by atoms with Gasteiger partial charge in [0.25, 0.3) is 5.56 Å². The van der Waals surface area contributed by atoms with Crippen molar-refractivity contribution in [3.05, 3.63) is 57.5 Å². The van der Waals surface area contributed by atoms with Crippen molar-refractivity contribution in [2.45, 2.75) is 12.6 Å². The molecule has 0 unspecified atom stereocenters. The Labute approximate surface area is 163 Å². The molecule has 0 bridgehead atoms. The number of rotatable bonds is 3. The molecule has 3 aromatic rings. The average Bonchev–Trinajstić information content (AvgIpc) is 2.61. The van der Waals surface area contributed by atoms with Crippen molar-refractivity contribution in [3.63, 3.8) is 0 Å². The molecule has 5 nitrogen and oxygen atoms in total. The molecule has 3 heterocycles. The van der Waals surface area contributed by atoms with E-state index in [1.54, 1.807) is 31.3 Å². The molecule has 1 aliphatic heterocycles. The van der Waals surface area contributed by atoms with Gasteiger partial charge < -0.3 is 10.2 Å². The van der Waals surface area contributed by atoms with Crippen molar-refractivity contribution in [1.29, 1.82) is 0 Å². The summed E-state index contributed by atoms with van der Waals surface area (Å²) in [5, 5.41) is 3.63. The van der Waals surface area contributed by atoms with E-state index >= 15 is 0 Å². The number of para-hydroxylation sites is 1. The van der Waals surface area contributed by atoms with Crippen LogP contribution in [0.15, 0.2) is 41.2 Å². The second-order valence-electron chi connectivity index (χ2n) is 6.47. The lowest BCUT2D eigenvalue weighted by atomic mass is 10.1. The summed E-state index contributed by atoms with van der Waals surface area (Å²) in [5.41, 5.74) is -0.473. The number of benzene rings is 1. The number of alkyl halides is 3. The van der Waals surface area contributed by atoms with Crippen molar-refractivity contribution in [3.8, 4) is 5.69 Å². The second-order valence-corrected chi connectivity index (χ2v) is 6.88. The normalized spacial score (nSPS) is 14.2. The van der Waals surface area contributed by atoms with Crippen LogP contribution < -0.4 is 15.8 Å². The van der Waals surface area contributed by atoms with Crippen LogP contribution in [0.3, 0.4) is 0 Å². The third kappa shape index (κ3) is 2.88. The number of anilines is 2. The van der Waals surface area contributed by atoms with E-state index < -0.39 is 17.4 Å². The van der Waals surface area contributed by atoms with Gasteiger partial charge in [0.15, 0.2) is 0 Å². The zero-order valence-electron chi connectivity index (χ0n) is 14.8. The molecule has 4 rings (SSSR count). The van der Waals surface area contributed by atoms with Crippen LogP contribution in [0.1, 0.15) is 12.1 Å². The van der Waals surface area contributed by atoms with Gasteiger partial charge in [-0.3, -0.25) is 9.36 Å². The summed E-state index contributed by atoms with van der Waals surface area (Å²) in [6.07, 6.45) is -3.69. The standard InChI is InChI=1S/C19H16ClF3N4O/c1-24-15-11-7-8-14(19(21,22)23)25-17(11)27(13-6-3-2-5-12(13)20)18(28)16(15)26-9-4-10-26/h2-3,5-8,24H,4,9-10H2,1H3. The molecule has 1 fully saturated rings. The van der Waals surface area contributed by atoms with Gasteiger partial charge in [0.05, 0.1) is 16.4 Å². The lowest BCUT2D eigenvalue weighted by Gasteiger charge is -2.34. The highest BCUT2D eigenvalue weighted by molar-refractivity contribution is 6.32. The zero-order valence-corrected chi connectivity index (χ0v) is 15.6. The van der Waals surface area contributed by atoms with E-state index in [0.29, 0.717) is 29.9 Å². The highest BCUT2D eigenvalue weighted by Gasteiger charge is 2.34. The molecule has 0 atom stereocenters. The van der Waals surface area contributed by atoms with Crippen LogP contribution in [-0.2, 0) is 6.18 Å². The van der Waals surface area contributed by atoms with Gasteiger partial charge >= 0.3 is 6.18 Å². The van der Waals surface area contributed by atoms with Gasteiger partial charge in [-0.2, -0.15) is 13.2 Å². The minimum Gasteiger partial charge on any atom is -0.386 e. The van der Waals surface area contributed by atoms with Crippen LogP contribution in [0.2, 0.25) is 5.02 Å². The van der Waals surface area contributed by atoms with Crippen LogP contribution in [0.4, 0.5) is 24.5 Å². The maximum atomic E-state index is 13.4. The van der Waals surface area contributed by atoms with E-state index in [1.165, 1.54) is 10.6 Å². The molecular weight excluding hydrogens is 393 g/mol. The summed E-state index contributed by atoms with van der Waals surface area (Å²) in [6, 6.07) is 8.79. The number of hydrogen-bond donors (Lipinski definition) is 1. The molecule has 0 saturated carbocycles. The maximum absolute atomic E-state index is 13.4. The first-order valence-electron chi connectivity index (χ1n) is 8.67. The molecule has 28 heavy (non-hydrogen) atoms. The summed E-state index contributed by atoms with van der Waals surface area (Å²) < 4.78 is 41.0. The first kappa shape index (κ1) is 18.6. The van der Waals surface area contributed by atoms with E-state index in [0.717, 1.165) is 12.5 Å².